The maximum absolute atomic E-state index is 11.7. The van der Waals surface area contributed by atoms with Gasteiger partial charge in [-0.1, -0.05) is 19.3 Å². The van der Waals surface area contributed by atoms with Crippen molar-refractivity contribution in [2.75, 3.05) is 19.6 Å². The molecule has 0 aromatic carbocycles. The van der Waals surface area contributed by atoms with E-state index in [1.807, 2.05) is 4.90 Å². The first kappa shape index (κ1) is 13.8. The van der Waals surface area contributed by atoms with Crippen LogP contribution in [0.2, 0.25) is 0 Å². The Kier molecular flexibility index (Phi) is 5.06. The van der Waals surface area contributed by atoms with E-state index < -0.39 is 0 Å². The number of rotatable bonds is 2. The van der Waals surface area contributed by atoms with Gasteiger partial charge in [-0.25, -0.2) is 0 Å². The first-order chi connectivity index (χ1) is 7.26. The largest absolute Gasteiger partial charge is 0.342 e. The standard InChI is InChI=1S/C12H22N2O.ClH/c13-8-4-11(15)14-9-7-12(10-14)5-2-1-3-6-12;/h1-10,13H2;1H. The number of hydrogen-bond donors (Lipinski definition) is 1. The second kappa shape index (κ2) is 5.87. The summed E-state index contributed by atoms with van der Waals surface area (Å²) in [4.78, 5) is 13.8. The van der Waals surface area contributed by atoms with Crippen molar-refractivity contribution < 1.29 is 4.79 Å². The third kappa shape index (κ3) is 2.89. The van der Waals surface area contributed by atoms with E-state index >= 15 is 0 Å². The second-order valence-electron chi connectivity index (χ2n) is 5.16. The van der Waals surface area contributed by atoms with E-state index in [-0.39, 0.29) is 18.3 Å². The summed E-state index contributed by atoms with van der Waals surface area (Å²) in [6, 6.07) is 0. The summed E-state index contributed by atoms with van der Waals surface area (Å²) >= 11 is 0. The van der Waals surface area contributed by atoms with Crippen LogP contribution >= 0.6 is 12.4 Å². The van der Waals surface area contributed by atoms with Crippen LogP contribution in [0.3, 0.4) is 0 Å². The van der Waals surface area contributed by atoms with Crippen LogP contribution in [-0.4, -0.2) is 30.4 Å². The molecule has 1 saturated heterocycles. The van der Waals surface area contributed by atoms with Gasteiger partial charge in [0, 0.05) is 26.1 Å². The van der Waals surface area contributed by atoms with Crippen LogP contribution in [0.4, 0.5) is 0 Å². The Morgan fingerprint density at radius 3 is 2.50 bits per heavy atom. The number of nitrogens with zero attached hydrogens (tertiary/aromatic N) is 1. The fraction of sp³-hybridized carbons (Fsp3) is 0.917. The molecule has 2 N–H and O–H groups in total. The Hall–Kier alpha value is -0.280. The monoisotopic (exact) mass is 246 g/mol. The van der Waals surface area contributed by atoms with Crippen molar-refractivity contribution in [1.29, 1.82) is 0 Å². The first-order valence-corrected chi connectivity index (χ1v) is 6.24. The van der Waals surface area contributed by atoms with Crippen molar-refractivity contribution in [2.24, 2.45) is 11.1 Å². The average Bonchev–Trinajstić information content (AvgIpc) is 2.64. The Bertz CT molecular complexity index is 239. The summed E-state index contributed by atoms with van der Waals surface area (Å²) < 4.78 is 0. The molecule has 1 amide bonds. The lowest BCUT2D eigenvalue weighted by Gasteiger charge is -2.33. The Morgan fingerprint density at radius 1 is 1.19 bits per heavy atom. The molecule has 1 spiro atoms. The summed E-state index contributed by atoms with van der Waals surface area (Å²) in [6.45, 7) is 2.47. The molecule has 94 valence electrons. The van der Waals surface area contributed by atoms with Crippen molar-refractivity contribution in [1.82, 2.24) is 4.90 Å². The number of likely N-dealkylation sites (tertiary alicyclic amines) is 1. The van der Waals surface area contributed by atoms with Crippen molar-refractivity contribution in [3.63, 3.8) is 0 Å². The van der Waals surface area contributed by atoms with Gasteiger partial charge < -0.3 is 10.6 Å². The van der Waals surface area contributed by atoms with Gasteiger partial charge in [0.15, 0.2) is 0 Å². The molecule has 1 heterocycles. The van der Waals surface area contributed by atoms with Gasteiger partial charge >= 0.3 is 0 Å². The molecule has 0 radical (unpaired) electrons. The van der Waals surface area contributed by atoms with E-state index in [4.69, 9.17) is 5.73 Å². The van der Waals surface area contributed by atoms with Gasteiger partial charge in [-0.05, 0) is 24.7 Å². The SMILES string of the molecule is Cl.NCCC(=O)N1CCC2(CCCCC2)C1. The minimum absolute atomic E-state index is 0. The number of carbonyl (C=O) groups excluding carboxylic acids is 1. The van der Waals surface area contributed by atoms with E-state index in [9.17, 15) is 4.79 Å². The van der Waals surface area contributed by atoms with E-state index in [1.165, 1.54) is 38.5 Å². The topological polar surface area (TPSA) is 46.3 Å². The summed E-state index contributed by atoms with van der Waals surface area (Å²) in [5, 5.41) is 0. The number of hydrogen-bond acceptors (Lipinski definition) is 2. The normalized spacial score (nSPS) is 23.2. The van der Waals surface area contributed by atoms with Crippen LogP contribution in [0.1, 0.15) is 44.9 Å². The van der Waals surface area contributed by atoms with Crippen LogP contribution in [-0.2, 0) is 4.79 Å². The highest BCUT2D eigenvalue weighted by molar-refractivity contribution is 5.85. The molecule has 3 nitrogen and oxygen atoms in total. The minimum Gasteiger partial charge on any atom is -0.342 e. The predicted molar refractivity (Wildman–Crippen MR) is 67.6 cm³/mol. The Balaban J connectivity index is 0.00000128. The zero-order chi connectivity index (χ0) is 10.7. The molecule has 16 heavy (non-hydrogen) atoms. The van der Waals surface area contributed by atoms with Gasteiger partial charge in [-0.3, -0.25) is 4.79 Å². The highest BCUT2D eigenvalue weighted by Crippen LogP contribution is 2.43. The van der Waals surface area contributed by atoms with Gasteiger partial charge in [0.25, 0.3) is 0 Å². The summed E-state index contributed by atoms with van der Waals surface area (Å²) in [7, 11) is 0. The zero-order valence-corrected chi connectivity index (χ0v) is 10.7. The highest BCUT2D eigenvalue weighted by atomic mass is 35.5. The fourth-order valence-electron chi connectivity index (χ4n) is 3.14. The average molecular weight is 247 g/mol. The van der Waals surface area contributed by atoms with Crippen molar-refractivity contribution in [2.45, 2.75) is 44.9 Å². The van der Waals surface area contributed by atoms with Gasteiger partial charge in [-0.2, -0.15) is 0 Å². The Labute approximate surface area is 104 Å². The Morgan fingerprint density at radius 2 is 1.88 bits per heavy atom. The number of amides is 1. The van der Waals surface area contributed by atoms with Crippen LogP contribution in [0.15, 0.2) is 0 Å². The van der Waals surface area contributed by atoms with E-state index in [0.29, 0.717) is 18.4 Å². The lowest BCUT2D eigenvalue weighted by molar-refractivity contribution is -0.130. The minimum atomic E-state index is 0. The predicted octanol–water partition coefficient (Wildman–Crippen LogP) is 1.94. The van der Waals surface area contributed by atoms with Gasteiger partial charge in [0.05, 0.1) is 0 Å². The van der Waals surface area contributed by atoms with Crippen LogP contribution in [0, 0.1) is 5.41 Å². The maximum Gasteiger partial charge on any atom is 0.223 e. The number of carbonyl (C=O) groups is 1. The molecule has 2 aliphatic rings. The second-order valence-corrected chi connectivity index (χ2v) is 5.16. The molecule has 1 aliphatic heterocycles. The van der Waals surface area contributed by atoms with E-state index in [2.05, 4.69) is 0 Å². The summed E-state index contributed by atoms with van der Waals surface area (Å²) in [5.74, 6) is 0.264. The smallest absolute Gasteiger partial charge is 0.223 e. The van der Waals surface area contributed by atoms with Crippen LogP contribution in [0.5, 0.6) is 0 Å². The van der Waals surface area contributed by atoms with Gasteiger partial charge in [-0.15, -0.1) is 12.4 Å². The molecule has 4 heteroatoms. The molecule has 1 saturated carbocycles. The molecular formula is C12H23ClN2O. The van der Waals surface area contributed by atoms with Gasteiger partial charge in [0.2, 0.25) is 5.91 Å². The number of halogens is 1. The fourth-order valence-corrected chi connectivity index (χ4v) is 3.14. The number of nitrogens with two attached hydrogens (primary N) is 1. The molecule has 0 bridgehead atoms. The summed E-state index contributed by atoms with van der Waals surface area (Å²) in [6.07, 6.45) is 8.52. The van der Waals surface area contributed by atoms with Crippen molar-refractivity contribution >= 4 is 18.3 Å². The molecule has 2 rings (SSSR count). The lowest BCUT2D eigenvalue weighted by Crippen LogP contribution is -2.34. The zero-order valence-electron chi connectivity index (χ0n) is 9.91. The summed E-state index contributed by atoms with van der Waals surface area (Å²) in [5.41, 5.74) is 5.91. The highest BCUT2D eigenvalue weighted by Gasteiger charge is 2.39. The molecule has 0 atom stereocenters. The molecule has 2 fully saturated rings. The first-order valence-electron chi connectivity index (χ1n) is 6.24. The maximum atomic E-state index is 11.7. The molecule has 1 aliphatic carbocycles. The van der Waals surface area contributed by atoms with Crippen LogP contribution < -0.4 is 5.73 Å². The third-order valence-corrected chi connectivity index (χ3v) is 4.06. The lowest BCUT2D eigenvalue weighted by atomic mass is 9.73. The molecule has 0 aromatic heterocycles. The van der Waals surface area contributed by atoms with E-state index in [1.54, 1.807) is 0 Å². The third-order valence-electron chi connectivity index (χ3n) is 4.06. The van der Waals surface area contributed by atoms with Gasteiger partial charge in [0.1, 0.15) is 0 Å². The van der Waals surface area contributed by atoms with Crippen molar-refractivity contribution in [3.05, 3.63) is 0 Å². The van der Waals surface area contributed by atoms with Crippen LogP contribution in [0.25, 0.3) is 0 Å². The van der Waals surface area contributed by atoms with Crippen molar-refractivity contribution in [3.8, 4) is 0 Å². The van der Waals surface area contributed by atoms with E-state index in [0.717, 1.165) is 13.1 Å². The molecule has 0 aromatic rings. The quantitative estimate of drug-likeness (QED) is 0.810. The molecular weight excluding hydrogens is 224 g/mol. The molecule has 0 unspecified atom stereocenters.